The van der Waals surface area contributed by atoms with Crippen LogP contribution in [-0.4, -0.2) is 32.6 Å². The van der Waals surface area contributed by atoms with Gasteiger partial charge in [-0.05, 0) is 31.6 Å². The van der Waals surface area contributed by atoms with Crippen molar-refractivity contribution in [1.82, 2.24) is 20.1 Å². The lowest BCUT2D eigenvalue weighted by atomic mass is 10.0. The van der Waals surface area contributed by atoms with Gasteiger partial charge in [-0.3, -0.25) is 19.5 Å². The summed E-state index contributed by atoms with van der Waals surface area (Å²) in [6.07, 6.45) is 4.55. The Labute approximate surface area is 130 Å². The summed E-state index contributed by atoms with van der Waals surface area (Å²) in [6, 6.07) is -0.531. The lowest BCUT2D eigenvalue weighted by Gasteiger charge is -2.19. The van der Waals surface area contributed by atoms with E-state index >= 15 is 0 Å². The van der Waals surface area contributed by atoms with Gasteiger partial charge in [-0.1, -0.05) is 13.8 Å². The molecule has 0 fully saturated rings. The molecule has 0 aliphatic carbocycles. The van der Waals surface area contributed by atoms with Crippen LogP contribution in [0, 0.1) is 5.92 Å². The van der Waals surface area contributed by atoms with Gasteiger partial charge >= 0.3 is 0 Å². The first-order valence-corrected chi connectivity index (χ1v) is 7.97. The SMILES string of the molecule is CC(=O)NC(CCC(C)C)C(=O)Nc1nnc2n1CCCC2. The molecule has 0 saturated carbocycles. The van der Waals surface area contributed by atoms with E-state index in [1.807, 2.05) is 4.57 Å². The van der Waals surface area contributed by atoms with E-state index in [1.54, 1.807) is 0 Å². The highest BCUT2D eigenvalue weighted by Gasteiger charge is 2.23. The van der Waals surface area contributed by atoms with Crippen molar-refractivity contribution in [3.05, 3.63) is 5.82 Å². The van der Waals surface area contributed by atoms with Gasteiger partial charge in [0.05, 0.1) is 0 Å². The lowest BCUT2D eigenvalue weighted by Crippen LogP contribution is -2.43. The summed E-state index contributed by atoms with van der Waals surface area (Å²) in [5.74, 6) is 1.45. The van der Waals surface area contributed by atoms with Crippen molar-refractivity contribution in [1.29, 1.82) is 0 Å². The number of anilines is 1. The monoisotopic (exact) mass is 307 g/mol. The third-order valence-corrected chi connectivity index (χ3v) is 3.82. The maximum atomic E-state index is 12.4. The molecule has 0 saturated heterocycles. The number of carbonyl (C=O) groups is 2. The number of aromatic nitrogens is 3. The molecular formula is C15H25N5O2. The first-order chi connectivity index (χ1) is 10.5. The minimum absolute atomic E-state index is 0.202. The summed E-state index contributed by atoms with van der Waals surface area (Å²) < 4.78 is 1.95. The number of amides is 2. The molecule has 1 aliphatic heterocycles. The minimum Gasteiger partial charge on any atom is -0.345 e. The summed E-state index contributed by atoms with van der Waals surface area (Å²) in [4.78, 5) is 23.8. The summed E-state index contributed by atoms with van der Waals surface area (Å²) in [5, 5.41) is 13.7. The first kappa shape index (κ1) is 16.5. The van der Waals surface area contributed by atoms with Gasteiger partial charge in [0.15, 0.2) is 0 Å². The van der Waals surface area contributed by atoms with Crippen LogP contribution in [0.4, 0.5) is 5.95 Å². The Hall–Kier alpha value is -1.92. The molecule has 0 spiro atoms. The molecule has 1 atom stereocenters. The molecule has 0 aromatic carbocycles. The second-order valence-corrected chi connectivity index (χ2v) is 6.26. The highest BCUT2D eigenvalue weighted by molar-refractivity contribution is 5.95. The Morgan fingerprint density at radius 2 is 2.00 bits per heavy atom. The Balaban J connectivity index is 2.03. The Kier molecular flexibility index (Phi) is 5.51. The Morgan fingerprint density at radius 1 is 1.23 bits per heavy atom. The molecule has 0 bridgehead atoms. The van der Waals surface area contributed by atoms with Crippen LogP contribution in [0.1, 0.15) is 52.3 Å². The number of nitrogens with zero attached hydrogens (tertiary/aromatic N) is 3. The number of hydrogen-bond donors (Lipinski definition) is 2. The zero-order chi connectivity index (χ0) is 16.1. The van der Waals surface area contributed by atoms with Crippen LogP contribution in [0.2, 0.25) is 0 Å². The van der Waals surface area contributed by atoms with Crippen molar-refractivity contribution in [2.75, 3.05) is 5.32 Å². The molecule has 2 heterocycles. The molecule has 0 radical (unpaired) electrons. The van der Waals surface area contributed by atoms with Crippen LogP contribution in [0.25, 0.3) is 0 Å². The second kappa shape index (κ2) is 7.38. The van der Waals surface area contributed by atoms with E-state index in [2.05, 4.69) is 34.7 Å². The molecule has 2 amide bonds. The minimum atomic E-state index is -0.531. The Morgan fingerprint density at radius 3 is 2.68 bits per heavy atom. The third-order valence-electron chi connectivity index (χ3n) is 3.82. The third kappa shape index (κ3) is 4.29. The van der Waals surface area contributed by atoms with E-state index in [-0.39, 0.29) is 11.8 Å². The van der Waals surface area contributed by atoms with Crippen molar-refractivity contribution < 1.29 is 9.59 Å². The van der Waals surface area contributed by atoms with Crippen molar-refractivity contribution in [2.45, 2.75) is 65.5 Å². The summed E-state index contributed by atoms with van der Waals surface area (Å²) in [7, 11) is 0. The smallest absolute Gasteiger partial charge is 0.249 e. The average molecular weight is 307 g/mol. The number of nitrogens with one attached hydrogen (secondary N) is 2. The van der Waals surface area contributed by atoms with Crippen LogP contribution in [-0.2, 0) is 22.6 Å². The van der Waals surface area contributed by atoms with Crippen LogP contribution in [0.5, 0.6) is 0 Å². The lowest BCUT2D eigenvalue weighted by molar-refractivity contribution is -0.125. The van der Waals surface area contributed by atoms with Gasteiger partial charge in [-0.15, -0.1) is 10.2 Å². The van der Waals surface area contributed by atoms with E-state index in [0.29, 0.717) is 18.3 Å². The molecule has 2 N–H and O–H groups in total. The topological polar surface area (TPSA) is 88.9 Å². The second-order valence-electron chi connectivity index (χ2n) is 6.26. The van der Waals surface area contributed by atoms with Gasteiger partial charge in [0.25, 0.3) is 0 Å². The van der Waals surface area contributed by atoms with E-state index in [0.717, 1.165) is 38.1 Å². The van der Waals surface area contributed by atoms with E-state index in [1.165, 1.54) is 6.92 Å². The highest BCUT2D eigenvalue weighted by atomic mass is 16.2. The first-order valence-electron chi connectivity index (χ1n) is 7.97. The van der Waals surface area contributed by atoms with Gasteiger partial charge in [-0.2, -0.15) is 0 Å². The summed E-state index contributed by atoms with van der Waals surface area (Å²) in [5.41, 5.74) is 0. The fourth-order valence-electron chi connectivity index (χ4n) is 2.61. The van der Waals surface area contributed by atoms with Crippen LogP contribution >= 0.6 is 0 Å². The standard InChI is InChI=1S/C15H25N5O2/c1-10(2)7-8-12(16-11(3)21)14(22)17-15-19-18-13-6-4-5-9-20(13)15/h10,12H,4-9H2,1-3H3,(H,16,21)(H,17,19,22). The molecule has 122 valence electrons. The van der Waals surface area contributed by atoms with Crippen LogP contribution in [0.15, 0.2) is 0 Å². The molecule has 2 rings (SSSR count). The molecule has 1 aromatic heterocycles. The van der Waals surface area contributed by atoms with Crippen molar-refractivity contribution in [2.24, 2.45) is 5.92 Å². The van der Waals surface area contributed by atoms with Crippen LogP contribution in [0.3, 0.4) is 0 Å². The molecular weight excluding hydrogens is 282 g/mol. The fourth-order valence-corrected chi connectivity index (χ4v) is 2.61. The summed E-state index contributed by atoms with van der Waals surface area (Å²) >= 11 is 0. The van der Waals surface area contributed by atoms with Crippen molar-refractivity contribution in [3.8, 4) is 0 Å². The van der Waals surface area contributed by atoms with Gasteiger partial charge in [0.1, 0.15) is 11.9 Å². The molecule has 7 heteroatoms. The van der Waals surface area contributed by atoms with Crippen molar-refractivity contribution >= 4 is 17.8 Å². The fraction of sp³-hybridized carbons (Fsp3) is 0.733. The largest absolute Gasteiger partial charge is 0.345 e. The zero-order valence-corrected chi connectivity index (χ0v) is 13.6. The van der Waals surface area contributed by atoms with Crippen LogP contribution < -0.4 is 10.6 Å². The van der Waals surface area contributed by atoms with E-state index in [9.17, 15) is 9.59 Å². The molecule has 22 heavy (non-hydrogen) atoms. The predicted octanol–water partition coefficient (Wildman–Crippen LogP) is 1.49. The molecule has 1 aromatic rings. The van der Waals surface area contributed by atoms with Gasteiger partial charge < -0.3 is 5.32 Å². The van der Waals surface area contributed by atoms with Gasteiger partial charge in [0, 0.05) is 19.9 Å². The van der Waals surface area contributed by atoms with Gasteiger partial charge in [0.2, 0.25) is 17.8 Å². The summed E-state index contributed by atoms with van der Waals surface area (Å²) in [6.45, 7) is 6.44. The average Bonchev–Trinajstić information content (AvgIpc) is 2.86. The maximum Gasteiger partial charge on any atom is 0.249 e. The van der Waals surface area contributed by atoms with Crippen molar-refractivity contribution in [3.63, 3.8) is 0 Å². The van der Waals surface area contributed by atoms with Gasteiger partial charge in [-0.25, -0.2) is 0 Å². The Bertz CT molecular complexity index is 538. The molecule has 1 aliphatic rings. The molecule has 7 nitrogen and oxygen atoms in total. The normalized spacial score (nSPS) is 15.3. The number of hydrogen-bond acceptors (Lipinski definition) is 4. The maximum absolute atomic E-state index is 12.4. The van der Waals surface area contributed by atoms with E-state index < -0.39 is 6.04 Å². The molecule has 1 unspecified atom stereocenters. The zero-order valence-electron chi connectivity index (χ0n) is 13.6. The van der Waals surface area contributed by atoms with E-state index in [4.69, 9.17) is 0 Å². The number of fused-ring (bicyclic) bond motifs is 1. The quantitative estimate of drug-likeness (QED) is 0.833. The number of carbonyl (C=O) groups excluding carboxylic acids is 2. The highest BCUT2D eigenvalue weighted by Crippen LogP contribution is 2.17. The number of aryl methyl sites for hydroxylation is 1. The predicted molar refractivity (Wildman–Crippen MR) is 83.3 cm³/mol. The number of rotatable bonds is 6.